The van der Waals surface area contributed by atoms with Crippen LogP contribution in [0, 0.1) is 0 Å². The lowest BCUT2D eigenvalue weighted by Gasteiger charge is -2.42. The van der Waals surface area contributed by atoms with Gasteiger partial charge in [0.1, 0.15) is 84.9 Å². The third-order valence-electron chi connectivity index (χ3n) is 16.8. The van der Waals surface area contributed by atoms with E-state index >= 15 is 0 Å². The maximum atomic E-state index is 14.4. The molecule has 7 amide bonds. The van der Waals surface area contributed by atoms with Crippen molar-refractivity contribution in [3.05, 3.63) is 0 Å². The van der Waals surface area contributed by atoms with Crippen LogP contribution in [0.25, 0.3) is 0 Å². The van der Waals surface area contributed by atoms with E-state index in [0.717, 1.165) is 7.11 Å². The number of carbonyl (C=O) groups is 9. The molecular formula is C62H110N7O28P. The van der Waals surface area contributed by atoms with Crippen LogP contribution in [0.5, 0.6) is 0 Å². The number of rotatable bonds is 50. The fraction of sp³-hybridized carbons (Fsp3) is 0.855. The zero-order chi connectivity index (χ0) is 72.9. The van der Waals surface area contributed by atoms with Crippen molar-refractivity contribution in [1.82, 2.24) is 37.2 Å². The van der Waals surface area contributed by atoms with Gasteiger partial charge in [0.2, 0.25) is 41.4 Å². The average Bonchev–Trinajstić information content (AvgIpc) is 0.823. The monoisotopic (exact) mass is 1430 g/mol. The summed E-state index contributed by atoms with van der Waals surface area (Å²) in [7, 11) is -2.85. The zero-order valence-electron chi connectivity index (χ0n) is 56.6. The van der Waals surface area contributed by atoms with Crippen molar-refractivity contribution >= 4 is 60.5 Å². The Morgan fingerprint density at radius 3 is 1.27 bits per heavy atom. The third-order valence-corrected chi connectivity index (χ3v) is 18.2. The number of nitrogens with one attached hydrogen (secondary N) is 7. The Labute approximate surface area is 570 Å². The first-order valence-electron chi connectivity index (χ1n) is 33.8. The Bertz CT molecular complexity index is 2480. The number of aliphatic hydroxyl groups is 10. The number of ether oxygens (including phenoxy) is 6. The first-order valence-corrected chi connectivity index (χ1v) is 35.6. The summed E-state index contributed by atoms with van der Waals surface area (Å²) in [5, 5.41) is 120. The second-order valence-corrected chi connectivity index (χ2v) is 27.0. The molecular weight excluding hydrogens is 1320 g/mol. The highest BCUT2D eigenvalue weighted by Gasteiger charge is 2.48. The molecule has 3 heterocycles. The number of aliphatic hydroxyl groups excluding tert-OH is 10. The van der Waals surface area contributed by atoms with Crippen molar-refractivity contribution < 1.29 is 137 Å². The minimum atomic E-state index is -3.91. The number of hydrogen-bond acceptors (Lipinski definition) is 27. The summed E-state index contributed by atoms with van der Waals surface area (Å²) in [5.41, 5.74) is 0. The van der Waals surface area contributed by atoms with Gasteiger partial charge in [0.05, 0.1) is 44.7 Å². The lowest BCUT2D eigenvalue weighted by molar-refractivity contribution is -0.270. The van der Waals surface area contributed by atoms with E-state index < -0.39 is 185 Å². The molecule has 0 aromatic carbocycles. The van der Waals surface area contributed by atoms with Gasteiger partial charge in [-0.15, -0.1) is 0 Å². The van der Waals surface area contributed by atoms with E-state index in [1.807, 2.05) is 0 Å². The summed E-state index contributed by atoms with van der Waals surface area (Å²) in [6.45, 7) is 1.43. The van der Waals surface area contributed by atoms with Gasteiger partial charge in [-0.25, -0.2) is 0 Å². The summed E-state index contributed by atoms with van der Waals surface area (Å²) in [6, 6.07) is -6.56. The molecule has 0 saturated carbocycles. The molecule has 0 aromatic rings. The Morgan fingerprint density at radius 2 is 0.837 bits per heavy atom. The molecule has 18 N–H and O–H groups in total. The highest BCUT2D eigenvalue weighted by Crippen LogP contribution is 2.41. The molecule has 36 heteroatoms. The zero-order valence-corrected chi connectivity index (χ0v) is 57.5. The maximum absolute atomic E-state index is 14.4. The second-order valence-electron chi connectivity index (χ2n) is 24.9. The quantitative estimate of drug-likeness (QED) is 0.0204. The predicted octanol–water partition coefficient (Wildman–Crippen LogP) is -4.02. The van der Waals surface area contributed by atoms with E-state index in [4.69, 9.17) is 28.4 Å². The first kappa shape index (κ1) is 87.4. The first-order chi connectivity index (χ1) is 46.6. The van der Waals surface area contributed by atoms with E-state index in [0.29, 0.717) is 57.8 Å². The van der Waals surface area contributed by atoms with E-state index in [1.54, 1.807) is 0 Å². The van der Waals surface area contributed by atoms with Crippen molar-refractivity contribution in [2.75, 3.05) is 66.1 Å². The molecule has 98 heavy (non-hydrogen) atoms. The van der Waals surface area contributed by atoms with Crippen LogP contribution in [0.15, 0.2) is 0 Å². The third kappa shape index (κ3) is 32.4. The van der Waals surface area contributed by atoms with Gasteiger partial charge < -0.3 is 126 Å². The summed E-state index contributed by atoms with van der Waals surface area (Å²) < 4.78 is 50.5. The van der Waals surface area contributed by atoms with Crippen molar-refractivity contribution in [3.8, 4) is 0 Å². The molecule has 19 atom stereocenters. The number of carbonyl (C=O) groups excluding carboxylic acids is 9. The molecule has 566 valence electrons. The molecule has 0 aromatic heterocycles. The summed E-state index contributed by atoms with van der Waals surface area (Å²) in [6.07, 6.45) is -12.0. The topological polar surface area (TPSA) is 542 Å². The lowest BCUT2D eigenvalue weighted by atomic mass is 9.97. The number of ketones is 2. The Morgan fingerprint density at radius 1 is 0.449 bits per heavy atom. The number of hydrogen-bond donors (Lipinski definition) is 18. The smallest absolute Gasteiger partial charge is 0.327 e. The molecule has 0 bridgehead atoms. The molecule has 3 saturated heterocycles. The highest BCUT2D eigenvalue weighted by atomic mass is 31.2. The van der Waals surface area contributed by atoms with Crippen LogP contribution in [0.3, 0.4) is 0 Å². The molecule has 3 rings (SSSR count). The fourth-order valence-electron chi connectivity index (χ4n) is 11.2. The Kier molecular flexibility index (Phi) is 42.2. The standard InChI is InChI=1S/C62H110N7O28P/c1-36(74)64-50-56(85)53(82)44(33-71)95-60(50)92-28-15-11-19-40(77)18-6-5-7-21-42(68-49(81)25-13-17-30-94-62-52(66-38(3)76)58(87)55(84)46(35-73)97-62)59(88)69-41(43(78)22-8-9-24-48(80)67-39(32-70)26-31-98(89,90)91-4)20-10-14-27-63-47(79)23-12-16-29-93-61-51(65-37(2)75)57(86)54(83)45(34-72)96-61/h39,41-42,44-46,50-58,60-62,70-73,82-87H,5-35H2,1-4H3,(H,63,79)(H,64,74)(H,65,75)(H,66,76)(H,67,80)(H,68,81)(H,69,88)(H,89,90)/t39-,41-,42-,44+,45+,46+,50+,51+,52+,53-,54-,55-,56+,57+,58+,60+,61+,62+/m0/s1. The highest BCUT2D eigenvalue weighted by molar-refractivity contribution is 7.52. The molecule has 0 aliphatic carbocycles. The number of unbranched alkanes of at least 4 members (excludes halogenated alkanes) is 7. The second kappa shape index (κ2) is 47.3. The van der Waals surface area contributed by atoms with E-state index in [-0.39, 0.29) is 128 Å². The van der Waals surface area contributed by atoms with Crippen LogP contribution >= 0.6 is 7.60 Å². The van der Waals surface area contributed by atoms with Crippen LogP contribution in [0.2, 0.25) is 0 Å². The summed E-state index contributed by atoms with van der Waals surface area (Å²) in [5.74, 6) is -4.05. The Hall–Kier alpha value is -4.86. The largest absolute Gasteiger partial charge is 0.394 e. The molecule has 3 aliphatic rings. The molecule has 0 radical (unpaired) electrons. The van der Waals surface area contributed by atoms with Crippen molar-refractivity contribution in [1.29, 1.82) is 0 Å². The normalized spacial score (nSPS) is 27.1. The van der Waals surface area contributed by atoms with Crippen LogP contribution < -0.4 is 37.2 Å². The predicted molar refractivity (Wildman–Crippen MR) is 343 cm³/mol. The Balaban J connectivity index is 1.67. The van der Waals surface area contributed by atoms with Gasteiger partial charge in [0.15, 0.2) is 24.7 Å². The summed E-state index contributed by atoms with van der Waals surface area (Å²) >= 11 is 0. The van der Waals surface area contributed by atoms with E-state index in [1.165, 1.54) is 20.8 Å². The number of amides is 7. The van der Waals surface area contributed by atoms with Gasteiger partial charge in [0, 0.05) is 92.8 Å². The van der Waals surface area contributed by atoms with E-state index in [2.05, 4.69) is 41.7 Å². The minimum absolute atomic E-state index is 0.0354. The maximum Gasteiger partial charge on any atom is 0.327 e. The lowest BCUT2D eigenvalue weighted by Crippen LogP contribution is -2.64. The van der Waals surface area contributed by atoms with Gasteiger partial charge >= 0.3 is 7.60 Å². The molecule has 1 unspecified atom stereocenters. The van der Waals surface area contributed by atoms with Crippen LogP contribution in [0.1, 0.15) is 162 Å². The molecule has 35 nitrogen and oxygen atoms in total. The van der Waals surface area contributed by atoms with Crippen molar-refractivity contribution in [2.45, 2.75) is 272 Å². The average molecular weight is 1430 g/mol. The van der Waals surface area contributed by atoms with Gasteiger partial charge in [-0.1, -0.05) is 12.8 Å². The van der Waals surface area contributed by atoms with Gasteiger partial charge in [-0.3, -0.25) is 47.7 Å². The molecule has 3 fully saturated rings. The van der Waals surface area contributed by atoms with Gasteiger partial charge in [-0.05, 0) is 89.9 Å². The fourth-order valence-corrected chi connectivity index (χ4v) is 12.0. The van der Waals surface area contributed by atoms with Crippen LogP contribution in [-0.2, 0) is 80.7 Å². The van der Waals surface area contributed by atoms with E-state index in [9.17, 15) is 104 Å². The SMILES string of the molecule is COP(=O)(O)CC[C@@H](CO)NC(=O)CCCCC(=O)[C@H](CCCCNC(=O)CCCCO[C@@H]1O[C@H](CO)[C@H](O)[C@H](O)[C@H]1NC(C)=O)NC(=O)[C@H](CCCCCC(=O)CCCCO[C@@H]1O[C@H](CO)[C@H](O)[C@H](O)[C@H]1NC(C)=O)NC(=O)CCCCO[C@@H]1O[C@H](CO)[C@H](O)[C@H](O)[C@H]1NC(C)=O. The minimum Gasteiger partial charge on any atom is -0.394 e. The van der Waals surface area contributed by atoms with Gasteiger partial charge in [-0.2, -0.15) is 0 Å². The summed E-state index contributed by atoms with van der Waals surface area (Å²) in [4.78, 5) is 126. The van der Waals surface area contributed by atoms with Gasteiger partial charge in [0.25, 0.3) is 0 Å². The van der Waals surface area contributed by atoms with Crippen molar-refractivity contribution in [3.63, 3.8) is 0 Å². The molecule has 3 aliphatic heterocycles. The van der Waals surface area contributed by atoms with Crippen LogP contribution in [0.4, 0.5) is 0 Å². The van der Waals surface area contributed by atoms with Crippen LogP contribution in [-0.4, -0.2) is 285 Å². The molecule has 0 spiro atoms. The van der Waals surface area contributed by atoms with Crippen molar-refractivity contribution in [2.24, 2.45) is 0 Å². The number of Topliss-reactive ketones (excluding diaryl/α,β-unsaturated/α-hetero) is 2.